The van der Waals surface area contributed by atoms with Crippen LogP contribution >= 0.6 is 11.6 Å². The van der Waals surface area contributed by atoms with E-state index in [2.05, 4.69) is 26.1 Å². The highest BCUT2D eigenvalue weighted by atomic mass is 35.5. The highest BCUT2D eigenvalue weighted by molar-refractivity contribution is 6.35. The molecular weight excluding hydrogens is 392 g/mol. The first-order valence-electron chi connectivity index (χ1n) is 9.70. The van der Waals surface area contributed by atoms with E-state index in [0.29, 0.717) is 35.1 Å². The molecule has 1 aromatic heterocycles. The molecule has 3 heterocycles. The Kier molecular flexibility index (Phi) is 5.98. The van der Waals surface area contributed by atoms with Crippen molar-refractivity contribution in [3.8, 4) is 0 Å². The molecule has 0 amide bonds. The van der Waals surface area contributed by atoms with E-state index in [-0.39, 0.29) is 24.0 Å². The molecule has 0 bridgehead atoms. The van der Waals surface area contributed by atoms with Gasteiger partial charge in [-0.2, -0.15) is 0 Å². The zero-order chi connectivity index (χ0) is 20.4. The highest BCUT2D eigenvalue weighted by Gasteiger charge is 2.31. The number of ketones is 1. The summed E-state index contributed by atoms with van der Waals surface area (Å²) >= 11 is 6.26. The van der Waals surface area contributed by atoms with Crippen molar-refractivity contribution in [2.75, 3.05) is 36.5 Å². The van der Waals surface area contributed by atoms with Crippen molar-refractivity contribution in [1.82, 2.24) is 15.8 Å². The van der Waals surface area contributed by atoms with E-state index in [0.717, 1.165) is 18.9 Å². The zero-order valence-corrected chi connectivity index (χ0v) is 16.9. The second kappa shape index (κ2) is 8.64. The lowest BCUT2D eigenvalue weighted by atomic mass is 10.0. The van der Waals surface area contributed by atoms with Crippen LogP contribution in [0.5, 0.6) is 0 Å². The Hall–Kier alpha value is -2.23. The van der Waals surface area contributed by atoms with E-state index in [9.17, 15) is 4.79 Å². The van der Waals surface area contributed by atoms with Crippen LogP contribution in [0, 0.1) is 0 Å². The Bertz CT molecular complexity index is 889. The number of aromatic nitrogens is 1. The van der Waals surface area contributed by atoms with Crippen molar-refractivity contribution < 1.29 is 9.53 Å². The van der Waals surface area contributed by atoms with E-state index >= 15 is 0 Å². The Morgan fingerprint density at radius 2 is 2.03 bits per heavy atom. The van der Waals surface area contributed by atoms with Gasteiger partial charge in [0.05, 0.1) is 35.5 Å². The lowest BCUT2D eigenvalue weighted by Gasteiger charge is -2.29. The third-order valence-electron chi connectivity index (χ3n) is 5.33. The highest BCUT2D eigenvalue weighted by Crippen LogP contribution is 2.27. The molecule has 3 atom stereocenters. The minimum absolute atomic E-state index is 0.0933. The molecule has 2 aliphatic heterocycles. The average molecular weight is 417 g/mol. The Morgan fingerprint density at radius 1 is 1.28 bits per heavy atom. The summed E-state index contributed by atoms with van der Waals surface area (Å²) in [4.78, 5) is 19.9. The SMILES string of the molecule is CC1NNC(Nc2cc(N3CCOCC3)ncc2C(=O)c2ccccc2Cl)C1N. The molecule has 2 saturated heterocycles. The number of anilines is 2. The van der Waals surface area contributed by atoms with Crippen LogP contribution in [0.4, 0.5) is 11.5 Å². The minimum Gasteiger partial charge on any atom is -0.378 e. The molecule has 0 aliphatic carbocycles. The van der Waals surface area contributed by atoms with Crippen molar-refractivity contribution in [3.63, 3.8) is 0 Å². The number of halogens is 1. The van der Waals surface area contributed by atoms with Gasteiger partial charge in [0.25, 0.3) is 0 Å². The van der Waals surface area contributed by atoms with E-state index < -0.39 is 0 Å². The second-order valence-corrected chi connectivity index (χ2v) is 7.68. The summed E-state index contributed by atoms with van der Waals surface area (Å²) in [7, 11) is 0. The van der Waals surface area contributed by atoms with Crippen LogP contribution < -0.4 is 26.8 Å². The Labute approximate surface area is 174 Å². The number of rotatable bonds is 5. The topological polar surface area (TPSA) is 105 Å². The van der Waals surface area contributed by atoms with E-state index in [1.165, 1.54) is 0 Å². The van der Waals surface area contributed by atoms with Crippen molar-refractivity contribution in [2.45, 2.75) is 25.2 Å². The van der Waals surface area contributed by atoms with E-state index in [1.54, 1.807) is 30.5 Å². The van der Waals surface area contributed by atoms with Crippen LogP contribution in [-0.2, 0) is 4.74 Å². The molecule has 5 N–H and O–H groups in total. The van der Waals surface area contributed by atoms with Gasteiger partial charge in [-0.1, -0.05) is 23.7 Å². The lowest BCUT2D eigenvalue weighted by molar-refractivity contribution is 0.103. The monoisotopic (exact) mass is 416 g/mol. The number of nitrogens with zero attached hydrogens (tertiary/aromatic N) is 2. The molecule has 154 valence electrons. The second-order valence-electron chi connectivity index (χ2n) is 7.27. The summed E-state index contributed by atoms with van der Waals surface area (Å²) in [5.41, 5.74) is 14.1. The van der Waals surface area contributed by atoms with Gasteiger partial charge in [0.2, 0.25) is 0 Å². The maximum Gasteiger partial charge on any atom is 0.198 e. The van der Waals surface area contributed by atoms with E-state index in [4.69, 9.17) is 22.1 Å². The summed E-state index contributed by atoms with van der Waals surface area (Å²) in [5, 5.41) is 3.79. The van der Waals surface area contributed by atoms with Crippen molar-refractivity contribution in [1.29, 1.82) is 0 Å². The fourth-order valence-electron chi connectivity index (χ4n) is 3.50. The van der Waals surface area contributed by atoms with Crippen LogP contribution in [0.1, 0.15) is 22.8 Å². The van der Waals surface area contributed by atoms with Gasteiger partial charge in [-0.15, -0.1) is 0 Å². The smallest absolute Gasteiger partial charge is 0.198 e. The first-order valence-corrected chi connectivity index (χ1v) is 10.1. The molecule has 2 aromatic rings. The summed E-state index contributed by atoms with van der Waals surface area (Å²) in [6.07, 6.45) is 1.37. The maximum atomic E-state index is 13.2. The molecule has 3 unspecified atom stereocenters. The molecule has 0 radical (unpaired) electrons. The molecule has 2 aliphatic rings. The number of nitrogens with two attached hydrogens (primary N) is 1. The molecule has 4 rings (SSSR count). The van der Waals surface area contributed by atoms with Crippen LogP contribution in [0.15, 0.2) is 36.5 Å². The molecule has 9 heteroatoms. The quantitative estimate of drug-likeness (QED) is 0.542. The number of carbonyl (C=O) groups is 1. The van der Waals surface area contributed by atoms with Gasteiger partial charge < -0.3 is 20.7 Å². The number of hydrazine groups is 1. The largest absolute Gasteiger partial charge is 0.378 e. The summed E-state index contributed by atoms with van der Waals surface area (Å²) in [6.45, 7) is 4.82. The maximum absolute atomic E-state index is 13.2. The average Bonchev–Trinajstić information content (AvgIpc) is 3.06. The number of ether oxygens (including phenoxy) is 1. The van der Waals surface area contributed by atoms with E-state index in [1.807, 2.05) is 13.0 Å². The molecule has 0 saturated carbocycles. The van der Waals surface area contributed by atoms with Gasteiger partial charge in [0, 0.05) is 37.0 Å². The third kappa shape index (κ3) is 4.22. The minimum atomic E-state index is -0.234. The van der Waals surface area contributed by atoms with Gasteiger partial charge in [-0.25, -0.2) is 10.4 Å². The predicted molar refractivity (Wildman–Crippen MR) is 113 cm³/mol. The van der Waals surface area contributed by atoms with Crippen LogP contribution in [0.2, 0.25) is 5.02 Å². The molecule has 0 spiro atoms. The first kappa shape index (κ1) is 20.1. The van der Waals surface area contributed by atoms with Gasteiger partial charge in [0.1, 0.15) is 12.0 Å². The lowest BCUT2D eigenvalue weighted by Crippen LogP contribution is -2.45. The van der Waals surface area contributed by atoms with Gasteiger partial charge in [-0.05, 0) is 19.1 Å². The number of nitrogens with one attached hydrogen (secondary N) is 3. The molecule has 2 fully saturated rings. The Balaban J connectivity index is 1.69. The zero-order valence-electron chi connectivity index (χ0n) is 16.2. The number of hydrogen-bond donors (Lipinski definition) is 4. The molecule has 1 aromatic carbocycles. The Morgan fingerprint density at radius 3 is 2.72 bits per heavy atom. The van der Waals surface area contributed by atoms with Crippen LogP contribution in [0.25, 0.3) is 0 Å². The first-order chi connectivity index (χ1) is 14.0. The number of pyridine rings is 1. The third-order valence-corrected chi connectivity index (χ3v) is 5.66. The molecule has 8 nitrogen and oxygen atoms in total. The fraction of sp³-hybridized carbons (Fsp3) is 0.400. The summed E-state index contributed by atoms with van der Waals surface area (Å²) in [5.74, 6) is 0.603. The summed E-state index contributed by atoms with van der Waals surface area (Å²) in [6, 6.07) is 8.83. The van der Waals surface area contributed by atoms with Gasteiger partial charge >= 0.3 is 0 Å². The van der Waals surface area contributed by atoms with Crippen molar-refractivity contribution in [3.05, 3.63) is 52.7 Å². The standard InChI is InChI=1S/C20H25ClN6O2/c1-12-18(22)20(26-25-12)24-16-10-17(27-6-8-29-9-7-27)23-11-14(16)19(28)13-4-2-3-5-15(13)21/h2-5,10-12,18,20,25-26H,6-9,22H2,1H3,(H,23,24). The summed E-state index contributed by atoms with van der Waals surface area (Å²) < 4.78 is 5.43. The number of morpholine rings is 1. The van der Waals surface area contributed by atoms with Gasteiger partial charge in [0.15, 0.2) is 5.78 Å². The van der Waals surface area contributed by atoms with Crippen LogP contribution in [0.3, 0.4) is 0 Å². The fourth-order valence-corrected chi connectivity index (χ4v) is 3.72. The van der Waals surface area contributed by atoms with Crippen LogP contribution in [-0.4, -0.2) is 55.3 Å². The van der Waals surface area contributed by atoms with Gasteiger partial charge in [-0.3, -0.25) is 10.2 Å². The number of hydrogen-bond acceptors (Lipinski definition) is 8. The number of benzene rings is 1. The molecule has 29 heavy (non-hydrogen) atoms. The molecular formula is C20H25ClN6O2. The number of carbonyl (C=O) groups excluding carboxylic acids is 1. The predicted octanol–water partition coefficient (Wildman–Crippen LogP) is 1.36. The van der Waals surface area contributed by atoms with Crippen molar-refractivity contribution >= 4 is 28.9 Å². The van der Waals surface area contributed by atoms with Crippen molar-refractivity contribution in [2.24, 2.45) is 5.73 Å². The normalized spacial score (nSPS) is 24.5.